The van der Waals surface area contributed by atoms with Crippen LogP contribution in [0.4, 0.5) is 0 Å². The highest BCUT2D eigenvalue weighted by atomic mass is 32.1. The van der Waals surface area contributed by atoms with Crippen LogP contribution < -0.4 is 5.73 Å². The summed E-state index contributed by atoms with van der Waals surface area (Å²) in [6.45, 7) is 2.80. The summed E-state index contributed by atoms with van der Waals surface area (Å²) in [6.07, 6.45) is 0.694. The summed E-state index contributed by atoms with van der Waals surface area (Å²) in [6, 6.07) is 30.1. The van der Waals surface area contributed by atoms with E-state index < -0.39 is 0 Å². The monoisotopic (exact) mass is 441 g/mol. The second-order valence-corrected chi connectivity index (χ2v) is 8.98. The van der Waals surface area contributed by atoms with Crippen molar-refractivity contribution < 1.29 is 4.79 Å². The second kappa shape index (κ2) is 10.4. The first-order chi connectivity index (χ1) is 15.7. The molecule has 5 heteroatoms. The van der Waals surface area contributed by atoms with Gasteiger partial charge in [0.1, 0.15) is 5.69 Å². The molecule has 0 aliphatic carbocycles. The van der Waals surface area contributed by atoms with Gasteiger partial charge in [-0.15, -0.1) is 11.3 Å². The first kappa shape index (κ1) is 21.9. The van der Waals surface area contributed by atoms with Gasteiger partial charge in [-0.3, -0.25) is 4.79 Å². The maximum atomic E-state index is 14.0. The third kappa shape index (κ3) is 5.13. The zero-order chi connectivity index (χ0) is 22.3. The van der Waals surface area contributed by atoms with Crippen LogP contribution in [0.2, 0.25) is 0 Å². The molecule has 3 aromatic carbocycles. The first-order valence-electron chi connectivity index (χ1n) is 10.8. The normalized spacial score (nSPS) is 11.8. The smallest absolute Gasteiger partial charge is 0.274 e. The van der Waals surface area contributed by atoms with Crippen molar-refractivity contribution in [3.05, 3.63) is 113 Å². The summed E-state index contributed by atoms with van der Waals surface area (Å²) in [5.74, 6) is -0.0802. The van der Waals surface area contributed by atoms with E-state index in [-0.39, 0.29) is 11.9 Å². The van der Waals surface area contributed by atoms with Gasteiger partial charge in [-0.05, 0) is 30.0 Å². The Kier molecular flexibility index (Phi) is 7.10. The lowest BCUT2D eigenvalue weighted by atomic mass is 10.0. The van der Waals surface area contributed by atoms with E-state index in [1.54, 1.807) is 11.3 Å². The summed E-state index contributed by atoms with van der Waals surface area (Å²) in [4.78, 5) is 21.4. The average molecular weight is 442 g/mol. The summed E-state index contributed by atoms with van der Waals surface area (Å²) in [7, 11) is 0. The minimum Gasteiger partial charge on any atom is -0.328 e. The number of hydrogen-bond acceptors (Lipinski definition) is 4. The molecular weight excluding hydrogens is 414 g/mol. The van der Waals surface area contributed by atoms with E-state index in [0.717, 1.165) is 26.6 Å². The molecule has 0 unspecified atom stereocenters. The molecule has 0 saturated heterocycles. The van der Waals surface area contributed by atoms with Crippen molar-refractivity contribution in [2.75, 3.05) is 6.54 Å². The minimum absolute atomic E-state index is 0.0802. The highest BCUT2D eigenvalue weighted by Crippen LogP contribution is 2.31. The molecule has 0 saturated carbocycles. The molecule has 2 N–H and O–H groups in total. The molecule has 0 aliphatic heterocycles. The lowest BCUT2D eigenvalue weighted by Crippen LogP contribution is -2.45. The average Bonchev–Trinajstić information content (AvgIpc) is 3.24. The first-order valence-corrected chi connectivity index (χ1v) is 11.6. The molecule has 0 spiro atoms. The quantitative estimate of drug-likeness (QED) is 0.402. The number of hydrogen-bond donors (Lipinski definition) is 1. The van der Waals surface area contributed by atoms with Gasteiger partial charge in [0.05, 0.1) is 9.88 Å². The van der Waals surface area contributed by atoms with Crippen molar-refractivity contribution in [2.45, 2.75) is 25.9 Å². The lowest BCUT2D eigenvalue weighted by molar-refractivity contribution is 0.0661. The Hall–Kier alpha value is -3.28. The largest absolute Gasteiger partial charge is 0.328 e. The molecule has 32 heavy (non-hydrogen) atoms. The van der Waals surface area contributed by atoms with Crippen LogP contribution >= 0.6 is 11.3 Å². The number of nitrogens with two attached hydrogens (primary N) is 1. The van der Waals surface area contributed by atoms with Crippen LogP contribution in [0.5, 0.6) is 0 Å². The highest BCUT2D eigenvalue weighted by molar-refractivity contribution is 7.15. The zero-order valence-corrected chi connectivity index (χ0v) is 19.0. The standard InChI is InChI=1S/C27H27N3OS/c1-20-29-25(26(32-20)23-15-9-4-10-16-23)27(31)30(19-22-13-7-3-8-14-22)24(18-28)17-21-11-5-2-6-12-21/h2-16,24H,17-19,28H2,1H3/t24-/m0/s1. The van der Waals surface area contributed by atoms with Gasteiger partial charge in [-0.25, -0.2) is 4.98 Å². The van der Waals surface area contributed by atoms with Crippen molar-refractivity contribution in [3.63, 3.8) is 0 Å². The Morgan fingerprint density at radius 3 is 2.06 bits per heavy atom. The molecule has 0 aliphatic rings. The van der Waals surface area contributed by atoms with E-state index >= 15 is 0 Å². The molecular formula is C27H27N3OS. The predicted octanol–water partition coefficient (Wildman–Crippen LogP) is 5.33. The highest BCUT2D eigenvalue weighted by Gasteiger charge is 2.29. The summed E-state index contributed by atoms with van der Waals surface area (Å²) in [5, 5.41) is 0.874. The Labute approximate surface area is 193 Å². The maximum Gasteiger partial charge on any atom is 0.274 e. The third-order valence-electron chi connectivity index (χ3n) is 5.46. The van der Waals surface area contributed by atoms with E-state index in [4.69, 9.17) is 5.73 Å². The Balaban J connectivity index is 1.72. The number of rotatable bonds is 8. The van der Waals surface area contributed by atoms with Crippen LogP contribution in [0.25, 0.3) is 10.4 Å². The van der Waals surface area contributed by atoms with Gasteiger partial charge in [0.2, 0.25) is 0 Å². The fourth-order valence-electron chi connectivity index (χ4n) is 3.85. The van der Waals surface area contributed by atoms with Crippen LogP contribution in [0, 0.1) is 6.92 Å². The van der Waals surface area contributed by atoms with E-state index in [0.29, 0.717) is 25.2 Å². The number of benzene rings is 3. The zero-order valence-electron chi connectivity index (χ0n) is 18.1. The van der Waals surface area contributed by atoms with Crippen LogP contribution in [0.3, 0.4) is 0 Å². The molecule has 0 fully saturated rings. The topological polar surface area (TPSA) is 59.2 Å². The second-order valence-electron chi connectivity index (χ2n) is 7.77. The van der Waals surface area contributed by atoms with Crippen LogP contribution in [0.15, 0.2) is 91.0 Å². The molecule has 1 heterocycles. The van der Waals surface area contributed by atoms with Crippen molar-refractivity contribution in [2.24, 2.45) is 5.73 Å². The molecule has 4 aromatic rings. The summed E-state index contributed by atoms with van der Waals surface area (Å²) >= 11 is 1.55. The molecule has 1 amide bonds. The molecule has 0 bridgehead atoms. The molecule has 4 nitrogen and oxygen atoms in total. The SMILES string of the molecule is Cc1nc(C(=O)N(Cc2ccccc2)[C@H](CN)Cc2ccccc2)c(-c2ccccc2)s1. The summed E-state index contributed by atoms with van der Waals surface area (Å²) < 4.78 is 0. The van der Waals surface area contributed by atoms with Gasteiger partial charge in [-0.1, -0.05) is 91.0 Å². The van der Waals surface area contributed by atoms with Crippen LogP contribution in [-0.4, -0.2) is 28.4 Å². The molecule has 1 atom stereocenters. The number of aryl methyl sites for hydroxylation is 1. The molecule has 4 rings (SSSR count). The van der Waals surface area contributed by atoms with Gasteiger partial charge in [0.15, 0.2) is 0 Å². The predicted molar refractivity (Wildman–Crippen MR) is 132 cm³/mol. The van der Waals surface area contributed by atoms with E-state index in [9.17, 15) is 4.79 Å². The van der Waals surface area contributed by atoms with Crippen LogP contribution in [0.1, 0.15) is 26.6 Å². The van der Waals surface area contributed by atoms with Gasteiger partial charge < -0.3 is 10.6 Å². The number of thiazole rings is 1. The van der Waals surface area contributed by atoms with E-state index in [1.165, 1.54) is 0 Å². The van der Waals surface area contributed by atoms with Gasteiger partial charge >= 0.3 is 0 Å². The van der Waals surface area contributed by atoms with Crippen molar-refractivity contribution in [1.82, 2.24) is 9.88 Å². The lowest BCUT2D eigenvalue weighted by Gasteiger charge is -2.31. The van der Waals surface area contributed by atoms with Gasteiger partial charge in [-0.2, -0.15) is 0 Å². The number of nitrogens with zero attached hydrogens (tertiary/aromatic N) is 2. The van der Waals surface area contributed by atoms with Crippen molar-refractivity contribution in [1.29, 1.82) is 0 Å². The van der Waals surface area contributed by atoms with Gasteiger partial charge in [0, 0.05) is 19.1 Å². The third-order valence-corrected chi connectivity index (χ3v) is 6.48. The van der Waals surface area contributed by atoms with Crippen molar-refractivity contribution >= 4 is 17.2 Å². The number of amides is 1. The Morgan fingerprint density at radius 1 is 0.906 bits per heavy atom. The van der Waals surface area contributed by atoms with E-state index in [2.05, 4.69) is 17.1 Å². The maximum absolute atomic E-state index is 14.0. The Morgan fingerprint density at radius 2 is 1.47 bits per heavy atom. The molecule has 1 aromatic heterocycles. The number of carbonyl (C=O) groups is 1. The number of carbonyl (C=O) groups excluding carboxylic acids is 1. The van der Waals surface area contributed by atoms with Crippen molar-refractivity contribution in [3.8, 4) is 10.4 Å². The molecule has 162 valence electrons. The van der Waals surface area contributed by atoms with Gasteiger partial charge in [0.25, 0.3) is 5.91 Å². The Bertz CT molecular complexity index is 1140. The number of aromatic nitrogens is 1. The molecule has 0 radical (unpaired) electrons. The summed E-state index contributed by atoms with van der Waals surface area (Å²) in [5.41, 5.74) is 9.97. The fraction of sp³-hybridized carbons (Fsp3) is 0.185. The van der Waals surface area contributed by atoms with Crippen LogP contribution in [-0.2, 0) is 13.0 Å². The minimum atomic E-state index is -0.143. The van der Waals surface area contributed by atoms with E-state index in [1.807, 2.05) is 90.7 Å². The fourth-order valence-corrected chi connectivity index (χ4v) is 4.76.